The third-order valence-corrected chi connectivity index (χ3v) is 4.59. The lowest BCUT2D eigenvalue weighted by molar-refractivity contribution is 0.0950. The highest BCUT2D eigenvalue weighted by molar-refractivity contribution is 6.30. The van der Waals surface area contributed by atoms with Crippen LogP contribution in [-0.4, -0.2) is 27.3 Å². The number of ether oxygens (including phenoxy) is 1. The molecular formula is C23H18ClN5O2. The third kappa shape index (κ3) is 5.55. The van der Waals surface area contributed by atoms with E-state index in [0.717, 1.165) is 16.9 Å². The minimum atomic E-state index is -0.395. The summed E-state index contributed by atoms with van der Waals surface area (Å²) in [5.74, 6) is 0.338. The fraction of sp³-hybridized carbons (Fsp3) is 0.0435. The zero-order valence-electron chi connectivity index (χ0n) is 16.3. The van der Waals surface area contributed by atoms with Crippen LogP contribution < -0.4 is 10.2 Å². The molecule has 2 N–H and O–H groups in total. The molecule has 0 saturated carbocycles. The van der Waals surface area contributed by atoms with Crippen LogP contribution >= 0.6 is 11.6 Å². The Morgan fingerprint density at radius 1 is 1.10 bits per heavy atom. The number of benzene rings is 2. The highest BCUT2D eigenvalue weighted by atomic mass is 35.5. The summed E-state index contributed by atoms with van der Waals surface area (Å²) in [5.41, 5.74) is 5.92. The number of carbonyl (C=O) groups is 1. The van der Waals surface area contributed by atoms with E-state index in [2.05, 4.69) is 25.7 Å². The first kappa shape index (κ1) is 20.3. The second kappa shape index (κ2) is 9.69. The van der Waals surface area contributed by atoms with Crippen LogP contribution in [0.3, 0.4) is 0 Å². The fourth-order valence-corrected chi connectivity index (χ4v) is 2.85. The second-order valence-corrected chi connectivity index (χ2v) is 7.00. The van der Waals surface area contributed by atoms with Crippen LogP contribution in [0, 0.1) is 0 Å². The topological polar surface area (TPSA) is 92.3 Å². The number of halogens is 1. The molecule has 2 aromatic carbocycles. The van der Waals surface area contributed by atoms with Gasteiger partial charge in [0.1, 0.15) is 18.1 Å². The monoisotopic (exact) mass is 431 g/mol. The fourth-order valence-electron chi connectivity index (χ4n) is 2.72. The molecule has 4 rings (SSSR count). The van der Waals surface area contributed by atoms with Gasteiger partial charge in [-0.25, -0.2) is 5.43 Å². The van der Waals surface area contributed by atoms with Gasteiger partial charge < -0.3 is 4.74 Å². The van der Waals surface area contributed by atoms with Crippen LogP contribution in [0.25, 0.3) is 11.3 Å². The maximum atomic E-state index is 12.2. The number of nitrogens with zero attached hydrogens (tertiary/aromatic N) is 3. The van der Waals surface area contributed by atoms with Crippen LogP contribution in [0.2, 0.25) is 5.02 Å². The van der Waals surface area contributed by atoms with Crippen molar-refractivity contribution in [1.29, 1.82) is 0 Å². The van der Waals surface area contributed by atoms with Crippen molar-refractivity contribution in [3.63, 3.8) is 0 Å². The highest BCUT2D eigenvalue weighted by Gasteiger charge is 2.10. The van der Waals surface area contributed by atoms with Gasteiger partial charge in [0.15, 0.2) is 0 Å². The van der Waals surface area contributed by atoms with E-state index >= 15 is 0 Å². The van der Waals surface area contributed by atoms with Gasteiger partial charge in [-0.05, 0) is 60.2 Å². The Morgan fingerprint density at radius 2 is 1.90 bits per heavy atom. The molecule has 31 heavy (non-hydrogen) atoms. The predicted octanol–water partition coefficient (Wildman–Crippen LogP) is 4.47. The normalized spacial score (nSPS) is 10.9. The van der Waals surface area contributed by atoms with Gasteiger partial charge in [-0.1, -0.05) is 29.8 Å². The van der Waals surface area contributed by atoms with E-state index in [1.165, 1.54) is 6.21 Å². The summed E-state index contributed by atoms with van der Waals surface area (Å²) >= 11 is 5.89. The number of nitrogens with one attached hydrogen (secondary N) is 2. The molecule has 154 valence electrons. The number of hydrogen-bond donors (Lipinski definition) is 2. The van der Waals surface area contributed by atoms with Crippen LogP contribution in [0.5, 0.6) is 5.75 Å². The number of rotatable bonds is 7. The van der Waals surface area contributed by atoms with E-state index in [1.807, 2.05) is 54.6 Å². The number of carbonyl (C=O) groups excluding carboxylic acids is 1. The largest absolute Gasteiger partial charge is 0.489 e. The average molecular weight is 432 g/mol. The van der Waals surface area contributed by atoms with Crippen molar-refractivity contribution >= 4 is 23.7 Å². The quantitative estimate of drug-likeness (QED) is 0.333. The molecule has 0 aliphatic rings. The van der Waals surface area contributed by atoms with Crippen LogP contribution in [0.15, 0.2) is 84.1 Å². The molecule has 0 atom stereocenters. The molecule has 2 aromatic heterocycles. The van der Waals surface area contributed by atoms with Crippen LogP contribution in [0.1, 0.15) is 21.7 Å². The molecule has 7 nitrogen and oxygen atoms in total. The molecule has 0 saturated heterocycles. The summed E-state index contributed by atoms with van der Waals surface area (Å²) in [6, 6.07) is 22.1. The van der Waals surface area contributed by atoms with E-state index in [1.54, 1.807) is 24.4 Å². The van der Waals surface area contributed by atoms with Gasteiger partial charge in [0.05, 0.1) is 17.6 Å². The maximum Gasteiger partial charge on any atom is 0.289 e. The molecule has 0 aliphatic carbocycles. The number of aromatic amines is 1. The molecular weight excluding hydrogens is 414 g/mol. The van der Waals surface area contributed by atoms with Gasteiger partial charge in [0, 0.05) is 16.8 Å². The molecule has 0 bridgehead atoms. The van der Waals surface area contributed by atoms with E-state index in [4.69, 9.17) is 16.3 Å². The molecule has 0 fully saturated rings. The van der Waals surface area contributed by atoms with E-state index in [-0.39, 0.29) is 0 Å². The molecule has 0 aliphatic heterocycles. The number of aromatic nitrogens is 3. The Morgan fingerprint density at radius 3 is 2.65 bits per heavy atom. The Bertz CT molecular complexity index is 1170. The van der Waals surface area contributed by atoms with Crippen molar-refractivity contribution in [2.45, 2.75) is 6.61 Å². The molecule has 0 unspecified atom stereocenters. The summed E-state index contributed by atoms with van der Waals surface area (Å²) in [4.78, 5) is 16.3. The van der Waals surface area contributed by atoms with Crippen LogP contribution in [-0.2, 0) is 6.61 Å². The summed E-state index contributed by atoms with van der Waals surface area (Å²) in [5, 5.41) is 11.5. The first-order valence-electron chi connectivity index (χ1n) is 9.45. The molecule has 0 radical (unpaired) electrons. The SMILES string of the molecule is O=C(N/N=C/c1ccccn1)c1cc(-c2ccc(OCc3ccc(Cl)cc3)cc2)n[nH]1. The Kier molecular flexibility index (Phi) is 6.35. The molecule has 1 amide bonds. The minimum Gasteiger partial charge on any atom is -0.489 e. The van der Waals surface area contributed by atoms with E-state index in [0.29, 0.717) is 28.7 Å². The lowest BCUT2D eigenvalue weighted by Gasteiger charge is -2.07. The summed E-state index contributed by atoms with van der Waals surface area (Å²) in [7, 11) is 0. The van der Waals surface area contributed by atoms with E-state index < -0.39 is 5.91 Å². The Balaban J connectivity index is 1.34. The number of hydrazone groups is 1. The Hall–Kier alpha value is -3.97. The van der Waals surface area contributed by atoms with Crippen molar-refractivity contribution < 1.29 is 9.53 Å². The smallest absolute Gasteiger partial charge is 0.289 e. The molecule has 8 heteroatoms. The van der Waals surface area contributed by atoms with Gasteiger partial charge in [-0.2, -0.15) is 10.2 Å². The standard InChI is InChI=1S/C23H18ClN5O2/c24-18-8-4-16(5-9-18)15-31-20-10-6-17(7-11-20)21-13-22(28-27-21)23(30)29-26-14-19-3-1-2-12-25-19/h1-14H,15H2,(H,27,28)(H,29,30)/b26-14+. The zero-order chi connectivity index (χ0) is 21.5. The van der Waals surface area contributed by atoms with Crippen LogP contribution in [0.4, 0.5) is 0 Å². The number of hydrogen-bond acceptors (Lipinski definition) is 5. The molecule has 2 heterocycles. The van der Waals surface area contributed by atoms with Gasteiger partial charge in [0.2, 0.25) is 0 Å². The third-order valence-electron chi connectivity index (χ3n) is 4.34. The van der Waals surface area contributed by atoms with Crippen molar-refractivity contribution in [2.75, 3.05) is 0 Å². The lowest BCUT2D eigenvalue weighted by Crippen LogP contribution is -2.18. The maximum absolute atomic E-state index is 12.2. The number of H-pyrrole nitrogens is 1. The van der Waals surface area contributed by atoms with Crippen molar-refractivity contribution in [3.8, 4) is 17.0 Å². The average Bonchev–Trinajstić information content (AvgIpc) is 3.30. The minimum absolute atomic E-state index is 0.302. The van der Waals surface area contributed by atoms with Gasteiger partial charge >= 0.3 is 0 Å². The van der Waals surface area contributed by atoms with Gasteiger partial charge in [-0.3, -0.25) is 14.9 Å². The summed E-state index contributed by atoms with van der Waals surface area (Å²) in [6.07, 6.45) is 3.12. The van der Waals surface area contributed by atoms with Crippen molar-refractivity contribution in [1.82, 2.24) is 20.6 Å². The van der Waals surface area contributed by atoms with Crippen molar-refractivity contribution in [2.24, 2.45) is 5.10 Å². The van der Waals surface area contributed by atoms with E-state index in [9.17, 15) is 4.79 Å². The number of pyridine rings is 1. The predicted molar refractivity (Wildman–Crippen MR) is 119 cm³/mol. The number of amides is 1. The van der Waals surface area contributed by atoms with Gasteiger partial charge in [-0.15, -0.1) is 0 Å². The van der Waals surface area contributed by atoms with Crippen molar-refractivity contribution in [3.05, 3.63) is 101 Å². The lowest BCUT2D eigenvalue weighted by atomic mass is 10.1. The summed E-state index contributed by atoms with van der Waals surface area (Å²) < 4.78 is 5.79. The van der Waals surface area contributed by atoms with Gasteiger partial charge in [0.25, 0.3) is 5.91 Å². The zero-order valence-corrected chi connectivity index (χ0v) is 17.1. The Labute approximate surface area is 183 Å². The first-order valence-corrected chi connectivity index (χ1v) is 9.83. The molecule has 0 spiro atoms. The first-order chi connectivity index (χ1) is 15.2. The highest BCUT2D eigenvalue weighted by Crippen LogP contribution is 2.22. The summed E-state index contributed by atoms with van der Waals surface area (Å²) in [6.45, 7) is 0.447. The molecule has 4 aromatic rings. The second-order valence-electron chi connectivity index (χ2n) is 6.56.